The van der Waals surface area contributed by atoms with Gasteiger partial charge in [-0.15, -0.1) is 11.3 Å². The van der Waals surface area contributed by atoms with Crippen LogP contribution >= 0.6 is 11.3 Å². The van der Waals surface area contributed by atoms with Gasteiger partial charge in [0.25, 0.3) is 0 Å². The summed E-state index contributed by atoms with van der Waals surface area (Å²) in [6.07, 6.45) is 0. The molecule has 0 bridgehead atoms. The molecule has 0 fully saturated rings. The number of benzene rings is 9. The van der Waals surface area contributed by atoms with Crippen LogP contribution < -0.4 is 4.90 Å². The zero-order valence-corrected chi connectivity index (χ0v) is 28.3. The number of rotatable bonds is 4. The molecule has 2 heterocycles. The molecule has 51 heavy (non-hydrogen) atoms. The third-order valence-electron chi connectivity index (χ3n) is 10.4. The predicted molar refractivity (Wildman–Crippen MR) is 219 cm³/mol. The molecule has 238 valence electrons. The van der Waals surface area contributed by atoms with E-state index in [0.29, 0.717) is 0 Å². The van der Waals surface area contributed by atoms with Gasteiger partial charge < -0.3 is 9.32 Å². The minimum absolute atomic E-state index is 0.918. The third-order valence-corrected chi connectivity index (χ3v) is 11.6. The summed E-state index contributed by atoms with van der Waals surface area (Å²) in [5, 5.41) is 12.3. The average Bonchev–Trinajstić information content (AvgIpc) is 3.76. The highest BCUT2D eigenvalue weighted by molar-refractivity contribution is 7.26. The molecule has 2 nitrogen and oxygen atoms in total. The lowest BCUT2D eigenvalue weighted by Crippen LogP contribution is -2.09. The van der Waals surface area contributed by atoms with Gasteiger partial charge in [-0.25, -0.2) is 0 Å². The molecule has 0 spiro atoms. The zero-order valence-electron chi connectivity index (χ0n) is 27.5. The number of hydrogen-bond donors (Lipinski definition) is 0. The fourth-order valence-electron chi connectivity index (χ4n) is 7.99. The van der Waals surface area contributed by atoms with Gasteiger partial charge in [0.05, 0.1) is 0 Å². The van der Waals surface area contributed by atoms with Gasteiger partial charge >= 0.3 is 0 Å². The Labute approximate surface area is 298 Å². The molecule has 0 saturated heterocycles. The van der Waals surface area contributed by atoms with Gasteiger partial charge in [-0.3, -0.25) is 0 Å². The van der Waals surface area contributed by atoms with E-state index in [1.807, 2.05) is 17.4 Å². The molecule has 9 aromatic carbocycles. The summed E-state index contributed by atoms with van der Waals surface area (Å²) in [6.45, 7) is 0. The van der Waals surface area contributed by atoms with E-state index in [1.54, 1.807) is 0 Å². The van der Waals surface area contributed by atoms with Crippen molar-refractivity contribution in [2.45, 2.75) is 0 Å². The summed E-state index contributed by atoms with van der Waals surface area (Å²) in [5.41, 5.74) is 7.58. The predicted octanol–water partition coefficient (Wildman–Crippen LogP) is 14.6. The van der Waals surface area contributed by atoms with Crippen LogP contribution in [0.2, 0.25) is 0 Å². The Kier molecular flexibility index (Phi) is 6.16. The Balaban J connectivity index is 1.14. The number of anilines is 3. The molecular formula is C48H29NOS. The fraction of sp³-hybridized carbons (Fsp3) is 0. The minimum atomic E-state index is 0.918. The van der Waals surface area contributed by atoms with Crippen molar-refractivity contribution in [1.29, 1.82) is 0 Å². The van der Waals surface area contributed by atoms with E-state index in [4.69, 9.17) is 4.42 Å². The Hall–Kier alpha value is -6.42. The summed E-state index contributed by atoms with van der Waals surface area (Å²) in [7, 11) is 0. The van der Waals surface area contributed by atoms with Gasteiger partial charge in [0.15, 0.2) is 0 Å². The molecule has 0 aliphatic carbocycles. The van der Waals surface area contributed by atoms with E-state index in [0.717, 1.165) is 44.6 Å². The van der Waals surface area contributed by atoms with Gasteiger partial charge in [-0.05, 0) is 81.0 Å². The van der Waals surface area contributed by atoms with E-state index in [-0.39, 0.29) is 0 Å². The molecule has 11 rings (SSSR count). The first-order chi connectivity index (χ1) is 25.3. The molecule has 11 aromatic rings. The molecule has 0 radical (unpaired) electrons. The topological polar surface area (TPSA) is 16.4 Å². The summed E-state index contributed by atoms with van der Waals surface area (Å²) in [6, 6.07) is 63.8. The summed E-state index contributed by atoms with van der Waals surface area (Å²) in [5.74, 6) is 0. The molecular weight excluding hydrogens is 639 g/mol. The van der Waals surface area contributed by atoms with Crippen molar-refractivity contribution in [3.05, 3.63) is 176 Å². The lowest BCUT2D eigenvalue weighted by molar-refractivity contribution is 0.670. The highest BCUT2D eigenvalue weighted by Crippen LogP contribution is 2.47. The molecule has 0 saturated carbocycles. The molecule has 0 unspecified atom stereocenters. The van der Waals surface area contributed by atoms with Crippen molar-refractivity contribution in [2.75, 3.05) is 4.90 Å². The average molecular weight is 668 g/mol. The summed E-state index contributed by atoms with van der Waals surface area (Å²) >= 11 is 1.88. The van der Waals surface area contributed by atoms with Crippen LogP contribution in [-0.2, 0) is 0 Å². The van der Waals surface area contributed by atoms with Gasteiger partial charge in [-0.2, -0.15) is 0 Å². The Morgan fingerprint density at radius 2 is 0.961 bits per heavy atom. The third kappa shape index (κ3) is 4.42. The summed E-state index contributed by atoms with van der Waals surface area (Å²) in [4.78, 5) is 2.40. The second kappa shape index (κ2) is 11.0. The first-order valence-corrected chi connectivity index (χ1v) is 18.1. The van der Waals surface area contributed by atoms with Gasteiger partial charge in [0, 0.05) is 59.0 Å². The molecule has 0 aliphatic rings. The monoisotopic (exact) mass is 667 g/mol. The first-order valence-electron chi connectivity index (χ1n) is 17.3. The van der Waals surface area contributed by atoms with Crippen LogP contribution in [0, 0.1) is 0 Å². The number of nitrogens with zero attached hydrogens (tertiary/aromatic N) is 1. The number of para-hydroxylation sites is 2. The van der Waals surface area contributed by atoms with Crippen molar-refractivity contribution in [2.24, 2.45) is 0 Å². The summed E-state index contributed by atoms with van der Waals surface area (Å²) < 4.78 is 9.11. The van der Waals surface area contributed by atoms with Crippen LogP contribution in [0.5, 0.6) is 0 Å². The lowest BCUT2D eigenvalue weighted by atomic mass is 9.94. The maximum absolute atomic E-state index is 6.54. The number of thiophene rings is 1. The van der Waals surface area contributed by atoms with Crippen molar-refractivity contribution in [3.8, 4) is 11.1 Å². The van der Waals surface area contributed by atoms with Gasteiger partial charge in [-0.1, -0.05) is 127 Å². The van der Waals surface area contributed by atoms with E-state index in [9.17, 15) is 0 Å². The van der Waals surface area contributed by atoms with Crippen molar-refractivity contribution in [1.82, 2.24) is 0 Å². The van der Waals surface area contributed by atoms with Crippen LogP contribution in [0.1, 0.15) is 0 Å². The zero-order chi connectivity index (χ0) is 33.5. The second-order valence-electron chi connectivity index (χ2n) is 13.3. The maximum atomic E-state index is 6.54. The maximum Gasteiger partial charge on any atom is 0.143 e. The second-order valence-corrected chi connectivity index (χ2v) is 14.4. The van der Waals surface area contributed by atoms with Crippen molar-refractivity contribution < 1.29 is 4.42 Å². The Morgan fingerprint density at radius 1 is 0.373 bits per heavy atom. The van der Waals surface area contributed by atoms with E-state index in [2.05, 4.69) is 175 Å². The minimum Gasteiger partial charge on any atom is -0.455 e. The fourth-order valence-corrected chi connectivity index (χ4v) is 9.24. The molecule has 0 aliphatic heterocycles. The molecule has 0 N–H and O–H groups in total. The van der Waals surface area contributed by atoms with Crippen LogP contribution in [0.4, 0.5) is 17.1 Å². The number of hydrogen-bond acceptors (Lipinski definition) is 3. The molecule has 3 heteroatoms. The molecule has 0 atom stereocenters. The Morgan fingerprint density at radius 3 is 1.71 bits per heavy atom. The van der Waals surface area contributed by atoms with Crippen LogP contribution in [-0.4, -0.2) is 0 Å². The normalized spacial score (nSPS) is 11.9. The van der Waals surface area contributed by atoms with E-state index < -0.39 is 0 Å². The van der Waals surface area contributed by atoms with Crippen LogP contribution in [0.15, 0.2) is 180 Å². The largest absolute Gasteiger partial charge is 0.455 e. The first kappa shape index (κ1) is 28.4. The Bertz CT molecular complexity index is 3090. The van der Waals surface area contributed by atoms with E-state index >= 15 is 0 Å². The van der Waals surface area contributed by atoms with Crippen LogP contribution in [0.25, 0.3) is 85.6 Å². The van der Waals surface area contributed by atoms with Crippen LogP contribution in [0.3, 0.4) is 0 Å². The van der Waals surface area contributed by atoms with Crippen molar-refractivity contribution in [3.63, 3.8) is 0 Å². The molecule has 0 amide bonds. The quantitative estimate of drug-likeness (QED) is 0.186. The smallest absolute Gasteiger partial charge is 0.143 e. The highest BCUT2D eigenvalue weighted by atomic mass is 32.1. The molecule has 2 aromatic heterocycles. The van der Waals surface area contributed by atoms with E-state index in [1.165, 1.54) is 58.1 Å². The number of fused-ring (bicyclic) bond motifs is 10. The van der Waals surface area contributed by atoms with Gasteiger partial charge in [0.2, 0.25) is 0 Å². The number of furan rings is 1. The lowest BCUT2D eigenvalue weighted by Gasteiger charge is -2.26. The van der Waals surface area contributed by atoms with Gasteiger partial charge in [0.1, 0.15) is 11.2 Å². The SMILES string of the molecule is c1ccc2cc(N(c3ccc4ccccc4c3)c3ccc4c(c3)sc3c5ccccc5c(-c5cccc6c5oc5ccccc56)cc43)ccc2c1. The standard InChI is InChI=1S/C48H29NOS/c1-3-12-32-26-34(22-20-30(32)10-1)49(35-23-21-31-11-2-4-13-33(31)27-35)36-24-25-39-44-29-43(37-14-5-6-16-42(37)48(44)51-46(39)28-36)41-18-9-17-40-38-15-7-8-19-45(38)50-47(40)41/h1-29H. The highest BCUT2D eigenvalue weighted by Gasteiger charge is 2.20. The van der Waals surface area contributed by atoms with Crippen molar-refractivity contribution >= 4 is 103 Å².